The lowest BCUT2D eigenvalue weighted by Crippen LogP contribution is -2.42. The van der Waals surface area contributed by atoms with Crippen molar-refractivity contribution in [3.63, 3.8) is 0 Å². The number of anilines is 2. The molecular formula is C28H28BrClN4S. The summed E-state index contributed by atoms with van der Waals surface area (Å²) in [6.07, 6.45) is 4.14. The standard InChI is InChI=1S/C28H28BrClN4S/c1-16-12-18(9-10-21(16)29)34-26(25(32-27(34)35)23-8-6-7-11-31-23)20-13-19-17(2)15-28(3,4)33(5)24(19)14-22(20)30/h6-15,25-26H,1-5H3,(H,32,35)/t25-,26-/m1/s1. The van der Waals surface area contributed by atoms with Crippen molar-refractivity contribution in [2.24, 2.45) is 0 Å². The second kappa shape index (κ2) is 8.91. The Labute approximate surface area is 226 Å². The highest BCUT2D eigenvalue weighted by Gasteiger charge is 2.42. The summed E-state index contributed by atoms with van der Waals surface area (Å²) in [7, 11) is 2.12. The zero-order chi connectivity index (χ0) is 25.1. The van der Waals surface area contributed by atoms with Crippen LogP contribution in [0.1, 0.15) is 55.2 Å². The van der Waals surface area contributed by atoms with E-state index < -0.39 is 0 Å². The Morgan fingerprint density at radius 3 is 2.57 bits per heavy atom. The molecule has 0 saturated carbocycles. The van der Waals surface area contributed by atoms with Crippen LogP contribution in [-0.4, -0.2) is 22.7 Å². The van der Waals surface area contributed by atoms with Crippen molar-refractivity contribution in [3.05, 3.63) is 92.7 Å². The van der Waals surface area contributed by atoms with Crippen LogP contribution in [0.3, 0.4) is 0 Å². The topological polar surface area (TPSA) is 31.4 Å². The molecule has 3 heterocycles. The molecule has 7 heteroatoms. The molecule has 1 saturated heterocycles. The molecule has 2 atom stereocenters. The molecule has 180 valence electrons. The maximum Gasteiger partial charge on any atom is 0.174 e. The van der Waals surface area contributed by atoms with Crippen LogP contribution < -0.4 is 15.1 Å². The summed E-state index contributed by atoms with van der Waals surface area (Å²) in [6, 6.07) is 16.3. The van der Waals surface area contributed by atoms with Crippen molar-refractivity contribution in [2.75, 3.05) is 16.8 Å². The first-order valence-electron chi connectivity index (χ1n) is 11.6. The van der Waals surface area contributed by atoms with Gasteiger partial charge in [0.05, 0.1) is 23.3 Å². The zero-order valence-corrected chi connectivity index (χ0v) is 23.6. The minimum Gasteiger partial charge on any atom is -0.365 e. The average Bonchev–Trinajstić information content (AvgIpc) is 3.16. The number of nitrogens with zero attached hydrogens (tertiary/aromatic N) is 3. The first kappa shape index (κ1) is 24.3. The molecule has 1 N–H and O–H groups in total. The third kappa shape index (κ3) is 4.15. The van der Waals surface area contributed by atoms with E-state index in [2.05, 4.69) is 107 Å². The largest absolute Gasteiger partial charge is 0.365 e. The Bertz CT molecular complexity index is 1350. The van der Waals surface area contributed by atoms with Gasteiger partial charge in [0, 0.05) is 39.7 Å². The van der Waals surface area contributed by atoms with Gasteiger partial charge in [-0.2, -0.15) is 0 Å². The number of thiocarbonyl (C=S) groups is 1. The number of fused-ring (bicyclic) bond motifs is 1. The molecule has 0 radical (unpaired) electrons. The fraction of sp³-hybridized carbons (Fsp3) is 0.286. The lowest BCUT2D eigenvalue weighted by atomic mass is 9.86. The predicted molar refractivity (Wildman–Crippen MR) is 154 cm³/mol. The van der Waals surface area contributed by atoms with Gasteiger partial charge in [-0.1, -0.05) is 39.7 Å². The summed E-state index contributed by atoms with van der Waals surface area (Å²) in [4.78, 5) is 9.14. The maximum atomic E-state index is 7.09. The molecule has 2 aliphatic heterocycles. The van der Waals surface area contributed by atoms with Crippen LogP contribution in [0.15, 0.2) is 65.3 Å². The number of aryl methyl sites for hydroxylation is 1. The van der Waals surface area contributed by atoms with Crippen LogP contribution >= 0.6 is 39.7 Å². The number of halogens is 2. The van der Waals surface area contributed by atoms with Gasteiger partial charge in [-0.05, 0) is 99.1 Å². The fourth-order valence-electron chi connectivity index (χ4n) is 5.14. The number of nitrogens with one attached hydrogen (secondary N) is 1. The SMILES string of the molecule is CC1=CC(C)(C)N(C)c2cc(Cl)c([C@@H]3[C@@H](c4ccccn4)NC(=S)N3c3ccc(Br)c(C)c3)cc21. The smallest absolute Gasteiger partial charge is 0.174 e. The summed E-state index contributed by atoms with van der Waals surface area (Å²) < 4.78 is 1.07. The number of pyridine rings is 1. The van der Waals surface area contributed by atoms with Gasteiger partial charge in [0.2, 0.25) is 0 Å². The molecule has 2 aromatic carbocycles. The number of allylic oxidation sites excluding steroid dienone is 1. The Hall–Kier alpha value is -2.41. The van der Waals surface area contributed by atoms with E-state index in [1.807, 2.05) is 24.4 Å². The molecule has 0 spiro atoms. The number of hydrogen-bond donors (Lipinski definition) is 1. The Morgan fingerprint density at radius 2 is 1.89 bits per heavy atom. The maximum absolute atomic E-state index is 7.09. The second-order valence-electron chi connectivity index (χ2n) is 9.86. The summed E-state index contributed by atoms with van der Waals surface area (Å²) >= 11 is 16.6. The minimum absolute atomic E-state index is 0.0874. The highest BCUT2D eigenvalue weighted by molar-refractivity contribution is 9.10. The van der Waals surface area contributed by atoms with Crippen LogP contribution in [0.2, 0.25) is 5.02 Å². The van der Waals surface area contributed by atoms with Gasteiger partial charge in [0.1, 0.15) is 0 Å². The van der Waals surface area contributed by atoms with Crippen molar-refractivity contribution in [1.82, 2.24) is 10.3 Å². The van der Waals surface area contributed by atoms with Crippen LogP contribution in [0.5, 0.6) is 0 Å². The molecule has 0 bridgehead atoms. The van der Waals surface area contributed by atoms with E-state index in [-0.39, 0.29) is 17.6 Å². The summed E-state index contributed by atoms with van der Waals surface area (Å²) in [5, 5.41) is 4.92. The van der Waals surface area contributed by atoms with Gasteiger partial charge >= 0.3 is 0 Å². The Kier molecular flexibility index (Phi) is 6.19. The van der Waals surface area contributed by atoms with Crippen LogP contribution in [0.4, 0.5) is 11.4 Å². The third-order valence-corrected chi connectivity index (χ3v) is 8.70. The van der Waals surface area contributed by atoms with E-state index in [4.69, 9.17) is 23.8 Å². The van der Waals surface area contributed by atoms with Crippen molar-refractivity contribution in [3.8, 4) is 0 Å². The van der Waals surface area contributed by atoms with Crippen LogP contribution in [-0.2, 0) is 0 Å². The third-order valence-electron chi connectivity index (χ3n) is 7.17. The normalized spacial score (nSPS) is 21.0. The zero-order valence-electron chi connectivity index (χ0n) is 20.4. The van der Waals surface area contributed by atoms with Crippen LogP contribution in [0, 0.1) is 6.92 Å². The van der Waals surface area contributed by atoms with Gasteiger partial charge in [-0.3, -0.25) is 4.98 Å². The van der Waals surface area contributed by atoms with E-state index in [1.54, 1.807) is 0 Å². The highest BCUT2D eigenvalue weighted by atomic mass is 79.9. The minimum atomic E-state index is -0.163. The van der Waals surface area contributed by atoms with E-state index in [0.29, 0.717) is 5.11 Å². The molecule has 1 fully saturated rings. The first-order chi connectivity index (χ1) is 16.6. The van der Waals surface area contributed by atoms with Crippen molar-refractivity contribution in [2.45, 2.75) is 45.3 Å². The van der Waals surface area contributed by atoms with Gasteiger partial charge < -0.3 is 15.1 Å². The molecule has 0 amide bonds. The Morgan fingerprint density at radius 1 is 1.11 bits per heavy atom. The summed E-state index contributed by atoms with van der Waals surface area (Å²) in [6.45, 7) is 8.70. The molecule has 3 aromatic rings. The van der Waals surface area contributed by atoms with Crippen molar-refractivity contribution < 1.29 is 0 Å². The van der Waals surface area contributed by atoms with E-state index in [9.17, 15) is 0 Å². The predicted octanol–water partition coefficient (Wildman–Crippen LogP) is 7.61. The number of benzene rings is 2. The molecule has 0 unspecified atom stereocenters. The van der Waals surface area contributed by atoms with Crippen molar-refractivity contribution in [1.29, 1.82) is 0 Å². The quantitative estimate of drug-likeness (QED) is 0.329. The van der Waals surface area contributed by atoms with Gasteiger partial charge in [0.15, 0.2) is 5.11 Å². The fourth-order valence-corrected chi connectivity index (χ4v) is 6.00. The van der Waals surface area contributed by atoms with Crippen LogP contribution in [0.25, 0.3) is 5.57 Å². The highest BCUT2D eigenvalue weighted by Crippen LogP contribution is 2.48. The second-order valence-corrected chi connectivity index (χ2v) is 11.5. The lowest BCUT2D eigenvalue weighted by Gasteiger charge is -2.41. The van der Waals surface area contributed by atoms with E-state index in [0.717, 1.165) is 37.7 Å². The van der Waals surface area contributed by atoms with E-state index >= 15 is 0 Å². The molecule has 5 rings (SSSR count). The summed E-state index contributed by atoms with van der Waals surface area (Å²) in [5.74, 6) is 0. The first-order valence-corrected chi connectivity index (χ1v) is 13.2. The molecule has 1 aromatic heterocycles. The Balaban J connectivity index is 1.71. The summed E-state index contributed by atoms with van der Waals surface area (Å²) in [5.41, 5.74) is 7.60. The lowest BCUT2D eigenvalue weighted by molar-refractivity contribution is 0.567. The molecule has 4 nitrogen and oxygen atoms in total. The molecular weight excluding hydrogens is 540 g/mol. The van der Waals surface area contributed by atoms with Gasteiger partial charge in [-0.25, -0.2) is 0 Å². The number of rotatable bonds is 3. The van der Waals surface area contributed by atoms with E-state index in [1.165, 1.54) is 11.1 Å². The number of likely N-dealkylation sites (N-methyl/N-ethyl adjacent to an activating group) is 1. The van der Waals surface area contributed by atoms with Gasteiger partial charge in [0.25, 0.3) is 0 Å². The molecule has 0 aliphatic carbocycles. The number of aromatic nitrogens is 1. The van der Waals surface area contributed by atoms with Crippen molar-refractivity contribution >= 4 is 61.8 Å². The monoisotopic (exact) mass is 566 g/mol. The molecule has 2 aliphatic rings. The van der Waals surface area contributed by atoms with Gasteiger partial charge in [-0.15, -0.1) is 0 Å². The molecule has 35 heavy (non-hydrogen) atoms. The number of hydrogen-bond acceptors (Lipinski definition) is 3. The average molecular weight is 568 g/mol.